The van der Waals surface area contributed by atoms with Crippen LogP contribution in [-0.4, -0.2) is 23.5 Å². The molecule has 0 unspecified atom stereocenters. The highest BCUT2D eigenvalue weighted by atomic mass is 79.9. The highest BCUT2D eigenvalue weighted by Gasteiger charge is 2.28. The minimum Gasteiger partial charge on any atom is -0.281 e. The Morgan fingerprint density at radius 1 is 1.54 bits per heavy atom. The van der Waals surface area contributed by atoms with Crippen LogP contribution in [0.4, 0.5) is 0 Å². The fourth-order valence-corrected chi connectivity index (χ4v) is 1.87. The van der Waals surface area contributed by atoms with Crippen molar-refractivity contribution >= 4 is 15.9 Å². The summed E-state index contributed by atoms with van der Waals surface area (Å²) in [6.45, 7) is 7.93. The van der Waals surface area contributed by atoms with Crippen molar-refractivity contribution in [1.29, 1.82) is 5.26 Å². The molecule has 1 aliphatic rings. The van der Waals surface area contributed by atoms with Crippen LogP contribution in [0.15, 0.2) is 10.1 Å². The summed E-state index contributed by atoms with van der Waals surface area (Å²) in [5.74, 6) is 0. The van der Waals surface area contributed by atoms with E-state index in [0.717, 1.165) is 19.5 Å². The van der Waals surface area contributed by atoms with Gasteiger partial charge in [-0.3, -0.25) is 4.90 Å². The van der Waals surface area contributed by atoms with Crippen molar-refractivity contribution in [2.24, 2.45) is 0 Å². The first kappa shape index (κ1) is 10.7. The molecular weight excluding hydrogens is 228 g/mol. The summed E-state index contributed by atoms with van der Waals surface area (Å²) in [5, 5.41) is 8.98. The first-order chi connectivity index (χ1) is 5.97. The highest BCUT2D eigenvalue weighted by Crippen LogP contribution is 2.26. The van der Waals surface area contributed by atoms with E-state index < -0.39 is 0 Å². The molecule has 0 radical (unpaired) electrons. The van der Waals surface area contributed by atoms with Crippen molar-refractivity contribution in [3.63, 3.8) is 0 Å². The van der Waals surface area contributed by atoms with Crippen molar-refractivity contribution in [3.8, 4) is 6.07 Å². The van der Waals surface area contributed by atoms with Gasteiger partial charge in [0.2, 0.25) is 0 Å². The number of hydrogen-bond acceptors (Lipinski definition) is 2. The Hall–Kier alpha value is -0.330. The maximum absolute atomic E-state index is 8.98. The third-order valence-electron chi connectivity index (χ3n) is 2.61. The van der Waals surface area contributed by atoms with Crippen molar-refractivity contribution in [3.05, 3.63) is 10.1 Å². The van der Waals surface area contributed by atoms with Gasteiger partial charge in [0.1, 0.15) is 5.54 Å². The van der Waals surface area contributed by atoms with Crippen molar-refractivity contribution < 1.29 is 0 Å². The van der Waals surface area contributed by atoms with E-state index in [1.807, 2.05) is 13.8 Å². The van der Waals surface area contributed by atoms with Crippen LogP contribution in [0, 0.1) is 11.3 Å². The van der Waals surface area contributed by atoms with Crippen LogP contribution >= 0.6 is 15.9 Å². The lowest BCUT2D eigenvalue weighted by Gasteiger charge is -2.36. The summed E-state index contributed by atoms with van der Waals surface area (Å²) >= 11 is 3.54. The van der Waals surface area contributed by atoms with E-state index in [4.69, 9.17) is 5.26 Å². The normalized spacial score (nSPS) is 20.2. The maximum atomic E-state index is 8.98. The predicted octanol–water partition coefficient (Wildman–Crippen LogP) is 2.66. The van der Waals surface area contributed by atoms with E-state index in [2.05, 4.69) is 33.8 Å². The minimum atomic E-state index is -0.347. The Morgan fingerprint density at radius 2 is 2.15 bits per heavy atom. The molecular formula is C10H15BrN2. The Balaban J connectivity index is 2.75. The summed E-state index contributed by atoms with van der Waals surface area (Å²) in [4.78, 5) is 2.20. The van der Waals surface area contributed by atoms with Gasteiger partial charge in [0.15, 0.2) is 0 Å². The molecule has 0 aromatic rings. The average molecular weight is 243 g/mol. The molecule has 13 heavy (non-hydrogen) atoms. The monoisotopic (exact) mass is 242 g/mol. The molecule has 0 bridgehead atoms. The second kappa shape index (κ2) is 3.81. The highest BCUT2D eigenvalue weighted by molar-refractivity contribution is 9.11. The van der Waals surface area contributed by atoms with Crippen molar-refractivity contribution in [2.45, 2.75) is 32.7 Å². The lowest BCUT2D eigenvalue weighted by Crippen LogP contribution is -2.45. The molecule has 0 fully saturated rings. The van der Waals surface area contributed by atoms with Gasteiger partial charge in [0, 0.05) is 17.6 Å². The van der Waals surface area contributed by atoms with Crippen molar-refractivity contribution in [1.82, 2.24) is 4.90 Å². The summed E-state index contributed by atoms with van der Waals surface area (Å²) < 4.78 is 1.24. The fraction of sp³-hybridized carbons (Fsp3) is 0.700. The van der Waals surface area contributed by atoms with Crippen molar-refractivity contribution in [2.75, 3.05) is 13.1 Å². The quantitative estimate of drug-likeness (QED) is 0.707. The van der Waals surface area contributed by atoms with E-state index in [9.17, 15) is 0 Å². The lowest BCUT2D eigenvalue weighted by atomic mass is 10.0. The number of halogens is 1. The molecule has 0 N–H and O–H groups in total. The molecule has 72 valence electrons. The molecule has 0 atom stereocenters. The largest absolute Gasteiger partial charge is 0.281 e. The number of hydrogen-bond donors (Lipinski definition) is 0. The zero-order chi connectivity index (χ0) is 10.1. The van der Waals surface area contributed by atoms with E-state index >= 15 is 0 Å². The summed E-state index contributed by atoms with van der Waals surface area (Å²) in [5.41, 5.74) is 1.06. The van der Waals surface area contributed by atoms with Crippen LogP contribution in [-0.2, 0) is 0 Å². The second-order valence-electron chi connectivity index (χ2n) is 4.03. The van der Waals surface area contributed by atoms with Crippen LogP contribution in [0.25, 0.3) is 0 Å². The van der Waals surface area contributed by atoms with E-state index in [-0.39, 0.29) is 5.54 Å². The van der Waals surface area contributed by atoms with Gasteiger partial charge in [-0.15, -0.1) is 0 Å². The Labute approximate surface area is 88.3 Å². The third kappa shape index (κ3) is 2.32. The molecule has 1 heterocycles. The average Bonchev–Trinajstić information content (AvgIpc) is 2.09. The predicted molar refractivity (Wildman–Crippen MR) is 57.5 cm³/mol. The molecule has 0 saturated heterocycles. The molecule has 0 amide bonds. The second-order valence-corrected chi connectivity index (χ2v) is 4.98. The topological polar surface area (TPSA) is 27.0 Å². The van der Waals surface area contributed by atoms with E-state index in [1.54, 1.807) is 0 Å². The molecule has 3 heteroatoms. The summed E-state index contributed by atoms with van der Waals surface area (Å²) in [7, 11) is 0. The molecule has 0 aliphatic carbocycles. The molecule has 0 aromatic heterocycles. The Kier molecular flexibility index (Phi) is 3.15. The van der Waals surface area contributed by atoms with Crippen LogP contribution in [0.3, 0.4) is 0 Å². The van der Waals surface area contributed by atoms with Gasteiger partial charge >= 0.3 is 0 Å². The first-order valence-electron chi connectivity index (χ1n) is 4.48. The van der Waals surface area contributed by atoms with E-state index in [0.29, 0.717) is 0 Å². The first-order valence-corrected chi connectivity index (χ1v) is 5.27. The van der Waals surface area contributed by atoms with E-state index in [1.165, 1.54) is 10.1 Å². The molecule has 1 aliphatic heterocycles. The third-order valence-corrected chi connectivity index (χ3v) is 3.54. The Bertz CT molecular complexity index is 273. The molecule has 1 rings (SSSR count). The molecule has 2 nitrogen and oxygen atoms in total. The van der Waals surface area contributed by atoms with Crippen LogP contribution in [0.2, 0.25) is 0 Å². The van der Waals surface area contributed by atoms with Crippen LogP contribution < -0.4 is 0 Å². The van der Waals surface area contributed by atoms with Crippen LogP contribution in [0.1, 0.15) is 27.2 Å². The van der Waals surface area contributed by atoms with Gasteiger partial charge in [-0.2, -0.15) is 5.26 Å². The molecule has 0 saturated carbocycles. The lowest BCUT2D eigenvalue weighted by molar-refractivity contribution is 0.180. The minimum absolute atomic E-state index is 0.347. The zero-order valence-corrected chi connectivity index (χ0v) is 9.98. The fourth-order valence-electron chi connectivity index (χ4n) is 1.37. The standard InChI is InChI=1S/C10H15BrN2/c1-8-4-5-13(6-9(8)11)10(2,3)7-12/h4-6H2,1-3H3. The molecule has 0 aromatic carbocycles. The number of nitrogens with zero attached hydrogens (tertiary/aromatic N) is 2. The van der Waals surface area contributed by atoms with Gasteiger partial charge in [-0.1, -0.05) is 21.5 Å². The Morgan fingerprint density at radius 3 is 2.62 bits per heavy atom. The van der Waals surface area contributed by atoms with Gasteiger partial charge in [-0.05, 0) is 27.2 Å². The summed E-state index contributed by atoms with van der Waals surface area (Å²) in [6.07, 6.45) is 1.06. The molecule has 0 spiro atoms. The van der Waals surface area contributed by atoms with Gasteiger partial charge in [0.05, 0.1) is 6.07 Å². The zero-order valence-electron chi connectivity index (χ0n) is 8.39. The van der Waals surface area contributed by atoms with Crippen LogP contribution in [0.5, 0.6) is 0 Å². The maximum Gasteiger partial charge on any atom is 0.103 e. The van der Waals surface area contributed by atoms with Gasteiger partial charge < -0.3 is 0 Å². The number of rotatable bonds is 1. The number of nitriles is 1. The van der Waals surface area contributed by atoms with Gasteiger partial charge in [-0.25, -0.2) is 0 Å². The SMILES string of the molecule is CC1=C(Br)CN(C(C)(C)C#N)CC1. The smallest absolute Gasteiger partial charge is 0.103 e. The summed E-state index contributed by atoms with van der Waals surface area (Å²) in [6, 6.07) is 2.33. The van der Waals surface area contributed by atoms with Gasteiger partial charge in [0.25, 0.3) is 0 Å².